The average molecular weight is 498 g/mol. The fourth-order valence-corrected chi connectivity index (χ4v) is 5.34. The topological polar surface area (TPSA) is 98.8 Å². The predicted octanol–water partition coefficient (Wildman–Crippen LogP) is 4.17. The van der Waals surface area contributed by atoms with Gasteiger partial charge in [-0.2, -0.15) is 8.42 Å². The highest BCUT2D eigenvalue weighted by Gasteiger charge is 2.23. The summed E-state index contributed by atoms with van der Waals surface area (Å²) >= 11 is 0. The molecule has 2 aromatic rings. The minimum absolute atomic E-state index is 0.0905. The Morgan fingerprint density at radius 3 is 2.18 bits per heavy atom. The van der Waals surface area contributed by atoms with Crippen molar-refractivity contribution in [3.63, 3.8) is 0 Å². The average Bonchev–Trinajstić information content (AvgIpc) is 2.75. The van der Waals surface area contributed by atoms with Crippen molar-refractivity contribution < 1.29 is 25.8 Å². The Balaban J connectivity index is 2.02. The van der Waals surface area contributed by atoms with Crippen LogP contribution in [0.25, 0.3) is 0 Å². The van der Waals surface area contributed by atoms with Crippen molar-refractivity contribution in [3.05, 3.63) is 65.7 Å². The second kappa shape index (κ2) is 13.2. The van der Waals surface area contributed by atoms with Gasteiger partial charge in [-0.1, -0.05) is 67.8 Å². The molecule has 2 atom stereocenters. The minimum atomic E-state index is -3.68. The molecule has 0 spiro atoms. The van der Waals surface area contributed by atoms with Gasteiger partial charge < -0.3 is 4.74 Å². The van der Waals surface area contributed by atoms with Crippen LogP contribution in [0, 0.1) is 6.92 Å². The Morgan fingerprint density at radius 2 is 1.58 bits per heavy atom. The van der Waals surface area contributed by atoms with E-state index in [4.69, 9.17) is 8.92 Å². The third kappa shape index (κ3) is 10.8. The first-order chi connectivity index (χ1) is 15.6. The molecule has 0 aromatic heterocycles. The number of unbranched alkanes of at least 4 members (excludes halogenated alkanes) is 1. The Bertz CT molecular complexity index is 1040. The summed E-state index contributed by atoms with van der Waals surface area (Å²) in [4.78, 5) is 0.213. The summed E-state index contributed by atoms with van der Waals surface area (Å²) in [5.74, 6) is 0. The van der Waals surface area contributed by atoms with Crippen LogP contribution < -0.4 is 4.72 Å². The number of sulfonamides is 1. The Labute approximate surface area is 198 Å². The molecule has 0 fully saturated rings. The van der Waals surface area contributed by atoms with Gasteiger partial charge in [-0.05, 0) is 43.9 Å². The molecule has 0 saturated heterocycles. The monoisotopic (exact) mass is 497 g/mol. The molecule has 184 valence electrons. The molecule has 0 aliphatic heterocycles. The number of ether oxygens (including phenoxy) is 1. The second-order valence-electron chi connectivity index (χ2n) is 8.27. The summed E-state index contributed by atoms with van der Waals surface area (Å²) in [6.45, 7) is 4.37. The standard InChI is InChI=1S/C24H35NO6S2/c1-4-5-11-22(25-33(28,29)24-16-12-20(2)13-17-24)14-15-23(31-32(3,26)27)19-30-18-21-9-7-6-8-10-21/h6-10,12-13,16-17,22-23,25H,4-5,11,14-15,18-19H2,1-3H3/t22-,23-/m1/s1. The van der Waals surface area contributed by atoms with Crippen LogP contribution in [0.1, 0.15) is 50.2 Å². The summed E-state index contributed by atoms with van der Waals surface area (Å²) in [6, 6.07) is 15.9. The van der Waals surface area contributed by atoms with Crippen LogP contribution in [0.5, 0.6) is 0 Å². The van der Waals surface area contributed by atoms with Crippen LogP contribution >= 0.6 is 0 Å². The highest BCUT2D eigenvalue weighted by atomic mass is 32.2. The zero-order valence-corrected chi connectivity index (χ0v) is 21.2. The SMILES string of the molecule is CCCC[C@H](CC[C@H](COCc1ccccc1)OS(C)(=O)=O)NS(=O)(=O)c1ccc(C)cc1. The first-order valence-corrected chi connectivity index (χ1v) is 14.5. The molecule has 2 aromatic carbocycles. The van der Waals surface area contributed by atoms with E-state index in [-0.39, 0.29) is 17.5 Å². The maximum atomic E-state index is 12.9. The number of rotatable bonds is 15. The van der Waals surface area contributed by atoms with E-state index in [9.17, 15) is 16.8 Å². The van der Waals surface area contributed by atoms with Gasteiger partial charge in [-0.25, -0.2) is 13.1 Å². The van der Waals surface area contributed by atoms with Crippen molar-refractivity contribution in [2.45, 2.75) is 69.6 Å². The van der Waals surface area contributed by atoms with Crippen molar-refractivity contribution in [1.29, 1.82) is 0 Å². The third-order valence-electron chi connectivity index (χ3n) is 5.12. The summed E-state index contributed by atoms with van der Waals surface area (Å²) < 4.78 is 62.9. The van der Waals surface area contributed by atoms with E-state index in [1.165, 1.54) is 0 Å². The smallest absolute Gasteiger partial charge is 0.264 e. The molecule has 7 nitrogen and oxygen atoms in total. The van der Waals surface area contributed by atoms with Gasteiger partial charge in [-0.3, -0.25) is 4.18 Å². The maximum absolute atomic E-state index is 12.9. The first kappa shape index (κ1) is 27.5. The lowest BCUT2D eigenvalue weighted by atomic mass is 10.0. The molecule has 0 bridgehead atoms. The van der Waals surface area contributed by atoms with E-state index in [2.05, 4.69) is 4.72 Å². The van der Waals surface area contributed by atoms with Gasteiger partial charge in [0.05, 0.1) is 24.4 Å². The molecule has 0 unspecified atom stereocenters. The molecule has 0 saturated carbocycles. The van der Waals surface area contributed by atoms with Gasteiger partial charge in [0.25, 0.3) is 10.1 Å². The second-order valence-corrected chi connectivity index (χ2v) is 11.6. The lowest BCUT2D eigenvalue weighted by molar-refractivity contribution is 0.0388. The van der Waals surface area contributed by atoms with Gasteiger partial charge in [0.15, 0.2) is 0 Å². The van der Waals surface area contributed by atoms with Gasteiger partial charge in [0, 0.05) is 6.04 Å². The number of nitrogens with one attached hydrogen (secondary N) is 1. The summed E-state index contributed by atoms with van der Waals surface area (Å²) in [7, 11) is -7.37. The molecule has 9 heteroatoms. The molecule has 0 amide bonds. The fraction of sp³-hybridized carbons (Fsp3) is 0.500. The number of hydrogen-bond acceptors (Lipinski definition) is 6. The predicted molar refractivity (Wildman–Crippen MR) is 130 cm³/mol. The van der Waals surface area contributed by atoms with E-state index in [1.807, 2.05) is 44.2 Å². The molecule has 1 N–H and O–H groups in total. The largest absolute Gasteiger partial charge is 0.374 e. The van der Waals surface area contributed by atoms with Crippen LogP contribution in [-0.4, -0.2) is 41.8 Å². The molecule has 0 heterocycles. The lowest BCUT2D eigenvalue weighted by Crippen LogP contribution is -2.36. The van der Waals surface area contributed by atoms with Gasteiger partial charge in [0.1, 0.15) is 6.10 Å². The minimum Gasteiger partial charge on any atom is -0.374 e. The van der Waals surface area contributed by atoms with E-state index in [0.29, 0.717) is 25.9 Å². The number of hydrogen-bond donors (Lipinski definition) is 1. The van der Waals surface area contributed by atoms with Gasteiger partial charge >= 0.3 is 0 Å². The first-order valence-electron chi connectivity index (χ1n) is 11.2. The maximum Gasteiger partial charge on any atom is 0.264 e. The van der Waals surface area contributed by atoms with E-state index in [0.717, 1.165) is 30.2 Å². The summed E-state index contributed by atoms with van der Waals surface area (Å²) in [5.41, 5.74) is 1.95. The highest BCUT2D eigenvalue weighted by molar-refractivity contribution is 7.89. The number of benzene rings is 2. The van der Waals surface area contributed by atoms with E-state index < -0.39 is 26.2 Å². The highest BCUT2D eigenvalue weighted by Crippen LogP contribution is 2.17. The van der Waals surface area contributed by atoms with Crippen molar-refractivity contribution in [2.75, 3.05) is 12.9 Å². The van der Waals surface area contributed by atoms with Crippen molar-refractivity contribution >= 4 is 20.1 Å². The van der Waals surface area contributed by atoms with Crippen molar-refractivity contribution in [2.24, 2.45) is 0 Å². The molecule has 2 rings (SSSR count). The van der Waals surface area contributed by atoms with Crippen LogP contribution in [-0.2, 0) is 35.7 Å². The normalized spacial score (nSPS) is 14.2. The van der Waals surface area contributed by atoms with Gasteiger partial charge in [-0.15, -0.1) is 0 Å². The zero-order chi connectivity index (χ0) is 24.3. The molecule has 33 heavy (non-hydrogen) atoms. The third-order valence-corrected chi connectivity index (χ3v) is 7.28. The quantitative estimate of drug-likeness (QED) is 0.371. The summed E-state index contributed by atoms with van der Waals surface area (Å²) in [6.07, 6.45) is 3.50. The zero-order valence-electron chi connectivity index (χ0n) is 19.6. The van der Waals surface area contributed by atoms with Crippen LogP contribution in [0.3, 0.4) is 0 Å². The molecule has 0 radical (unpaired) electrons. The fourth-order valence-electron chi connectivity index (χ4n) is 3.39. The number of aryl methyl sites for hydroxylation is 1. The van der Waals surface area contributed by atoms with Gasteiger partial charge in [0.2, 0.25) is 10.0 Å². The molecule has 0 aliphatic rings. The van der Waals surface area contributed by atoms with Crippen LogP contribution in [0.15, 0.2) is 59.5 Å². The summed E-state index contributed by atoms with van der Waals surface area (Å²) in [5, 5.41) is 0. The van der Waals surface area contributed by atoms with E-state index in [1.54, 1.807) is 24.3 Å². The molecular weight excluding hydrogens is 462 g/mol. The van der Waals surface area contributed by atoms with Crippen LogP contribution in [0.4, 0.5) is 0 Å². The lowest BCUT2D eigenvalue weighted by Gasteiger charge is -2.22. The van der Waals surface area contributed by atoms with E-state index >= 15 is 0 Å². The Morgan fingerprint density at radius 1 is 0.909 bits per heavy atom. The van der Waals surface area contributed by atoms with Crippen molar-refractivity contribution in [3.8, 4) is 0 Å². The Hall–Kier alpha value is -1.78. The van der Waals surface area contributed by atoms with Crippen LogP contribution in [0.2, 0.25) is 0 Å². The Kier molecular flexibility index (Phi) is 11.0. The van der Waals surface area contributed by atoms with Crippen molar-refractivity contribution in [1.82, 2.24) is 4.72 Å². The molecule has 0 aliphatic carbocycles. The molecular formula is C24H35NO6S2.